The van der Waals surface area contributed by atoms with Crippen molar-refractivity contribution in [2.45, 2.75) is 50.7 Å². The van der Waals surface area contributed by atoms with Gasteiger partial charge in [0.2, 0.25) is 5.91 Å². The molecule has 8 heteroatoms. The number of carbonyl (C=O) groups excluding carboxylic acids is 2. The van der Waals surface area contributed by atoms with Gasteiger partial charge in [0.05, 0.1) is 12.1 Å². The van der Waals surface area contributed by atoms with Gasteiger partial charge in [0, 0.05) is 32.2 Å². The number of aromatic nitrogens is 2. The van der Waals surface area contributed by atoms with Crippen molar-refractivity contribution in [3.63, 3.8) is 0 Å². The molecule has 148 valence electrons. The second kappa shape index (κ2) is 7.50. The molecule has 2 amide bonds. The van der Waals surface area contributed by atoms with Gasteiger partial charge in [0.15, 0.2) is 0 Å². The van der Waals surface area contributed by atoms with Gasteiger partial charge < -0.3 is 20.7 Å². The number of carbonyl (C=O) groups is 2. The SMILES string of the molecule is CO[C@@H]1CC[C@H](C(=O)N2C[C@H]3CCC[C@H]3C2)C[C@H]1NC(=O)c1cc(N)n[nH]1. The molecule has 0 bridgehead atoms. The number of hydrogen-bond donors (Lipinski definition) is 3. The summed E-state index contributed by atoms with van der Waals surface area (Å²) in [4.78, 5) is 27.6. The number of rotatable bonds is 4. The van der Waals surface area contributed by atoms with Crippen LogP contribution < -0.4 is 11.1 Å². The van der Waals surface area contributed by atoms with E-state index in [0.717, 1.165) is 25.9 Å². The molecule has 0 unspecified atom stereocenters. The summed E-state index contributed by atoms with van der Waals surface area (Å²) >= 11 is 0. The zero-order valence-electron chi connectivity index (χ0n) is 15.8. The number of nitrogen functional groups attached to an aromatic ring is 1. The summed E-state index contributed by atoms with van der Waals surface area (Å²) in [5, 5.41) is 9.42. The summed E-state index contributed by atoms with van der Waals surface area (Å²) in [6, 6.07) is 1.31. The van der Waals surface area contributed by atoms with Crippen molar-refractivity contribution in [2.75, 3.05) is 25.9 Å². The van der Waals surface area contributed by atoms with Gasteiger partial charge in [-0.15, -0.1) is 0 Å². The summed E-state index contributed by atoms with van der Waals surface area (Å²) < 4.78 is 5.57. The number of nitrogens with two attached hydrogens (primary N) is 1. The topological polar surface area (TPSA) is 113 Å². The van der Waals surface area contributed by atoms with Crippen LogP contribution in [-0.2, 0) is 9.53 Å². The van der Waals surface area contributed by atoms with Crippen molar-refractivity contribution >= 4 is 17.6 Å². The first-order valence-corrected chi connectivity index (χ1v) is 9.98. The van der Waals surface area contributed by atoms with Gasteiger partial charge in [0.1, 0.15) is 11.5 Å². The van der Waals surface area contributed by atoms with Crippen LogP contribution in [-0.4, -0.2) is 59.3 Å². The maximum absolute atomic E-state index is 13.1. The van der Waals surface area contributed by atoms with E-state index in [1.165, 1.54) is 25.3 Å². The molecule has 2 aliphatic carbocycles. The van der Waals surface area contributed by atoms with E-state index in [0.29, 0.717) is 24.0 Å². The Bertz CT molecular complexity index is 693. The molecule has 4 N–H and O–H groups in total. The molecule has 4 rings (SSSR count). The molecule has 1 aromatic rings. The van der Waals surface area contributed by atoms with Gasteiger partial charge >= 0.3 is 0 Å². The molecule has 2 heterocycles. The molecule has 3 fully saturated rings. The van der Waals surface area contributed by atoms with Crippen molar-refractivity contribution in [3.05, 3.63) is 11.8 Å². The fraction of sp³-hybridized carbons (Fsp3) is 0.737. The molecule has 1 saturated heterocycles. The third-order valence-corrected chi connectivity index (χ3v) is 6.64. The lowest BCUT2D eigenvalue weighted by Gasteiger charge is -2.36. The van der Waals surface area contributed by atoms with Gasteiger partial charge in [0.25, 0.3) is 5.91 Å². The van der Waals surface area contributed by atoms with Crippen molar-refractivity contribution in [2.24, 2.45) is 17.8 Å². The molecule has 0 radical (unpaired) electrons. The number of nitrogens with zero attached hydrogens (tertiary/aromatic N) is 2. The van der Waals surface area contributed by atoms with Crippen LogP contribution in [0.1, 0.15) is 49.0 Å². The molecule has 27 heavy (non-hydrogen) atoms. The zero-order chi connectivity index (χ0) is 19.0. The van der Waals surface area contributed by atoms with Crippen LogP contribution in [0.2, 0.25) is 0 Å². The van der Waals surface area contributed by atoms with Crippen molar-refractivity contribution in [1.29, 1.82) is 0 Å². The Morgan fingerprint density at radius 3 is 2.63 bits per heavy atom. The van der Waals surface area contributed by atoms with Crippen LogP contribution in [0.3, 0.4) is 0 Å². The number of nitrogens with one attached hydrogen (secondary N) is 2. The lowest BCUT2D eigenvalue weighted by atomic mass is 9.82. The van der Waals surface area contributed by atoms with E-state index in [-0.39, 0.29) is 35.7 Å². The van der Waals surface area contributed by atoms with Crippen LogP contribution in [0.5, 0.6) is 0 Å². The number of H-pyrrole nitrogens is 1. The van der Waals surface area contributed by atoms with Crippen LogP contribution in [0.25, 0.3) is 0 Å². The summed E-state index contributed by atoms with van der Waals surface area (Å²) in [6.45, 7) is 1.83. The van der Waals surface area contributed by atoms with E-state index in [4.69, 9.17) is 10.5 Å². The van der Waals surface area contributed by atoms with E-state index in [1.54, 1.807) is 7.11 Å². The standard InChI is InChI=1S/C19H29N5O3/c1-27-16-6-5-11(19(26)24-9-12-3-2-4-13(12)10-24)7-14(16)21-18(25)15-8-17(20)23-22-15/h8,11-14,16H,2-7,9-10H2,1H3,(H,21,25)(H3,20,22,23)/t11-,12-,13+,14+,16+/m0/s1. The predicted octanol–water partition coefficient (Wildman–Crippen LogP) is 1.16. The number of amides is 2. The van der Waals surface area contributed by atoms with E-state index in [2.05, 4.69) is 20.4 Å². The number of likely N-dealkylation sites (tertiary alicyclic amines) is 1. The van der Waals surface area contributed by atoms with Crippen LogP contribution in [0.4, 0.5) is 5.82 Å². The van der Waals surface area contributed by atoms with Crippen molar-refractivity contribution in [3.8, 4) is 0 Å². The average molecular weight is 375 g/mol. The fourth-order valence-corrected chi connectivity index (χ4v) is 5.17. The molecule has 0 spiro atoms. The molecular formula is C19H29N5O3. The number of fused-ring (bicyclic) bond motifs is 1. The first kappa shape index (κ1) is 18.3. The highest BCUT2D eigenvalue weighted by molar-refractivity contribution is 5.93. The number of hydrogen-bond acceptors (Lipinski definition) is 5. The van der Waals surface area contributed by atoms with Gasteiger partial charge in [-0.05, 0) is 43.9 Å². The number of aromatic amines is 1. The quantitative estimate of drug-likeness (QED) is 0.731. The molecule has 5 atom stereocenters. The van der Waals surface area contributed by atoms with Crippen LogP contribution in [0.15, 0.2) is 6.07 Å². The van der Waals surface area contributed by atoms with Crippen molar-refractivity contribution in [1.82, 2.24) is 20.4 Å². The smallest absolute Gasteiger partial charge is 0.269 e. The Hall–Kier alpha value is -2.09. The largest absolute Gasteiger partial charge is 0.382 e. The van der Waals surface area contributed by atoms with Crippen LogP contribution in [0, 0.1) is 17.8 Å². The zero-order valence-corrected chi connectivity index (χ0v) is 15.8. The third-order valence-electron chi connectivity index (χ3n) is 6.64. The Labute approximate surface area is 159 Å². The summed E-state index contributed by atoms with van der Waals surface area (Å²) in [5.74, 6) is 1.61. The first-order chi connectivity index (χ1) is 13.0. The second-order valence-electron chi connectivity index (χ2n) is 8.26. The van der Waals surface area contributed by atoms with E-state index in [9.17, 15) is 9.59 Å². The normalized spacial score (nSPS) is 33.1. The summed E-state index contributed by atoms with van der Waals surface area (Å²) in [6.07, 6.45) is 5.93. The summed E-state index contributed by atoms with van der Waals surface area (Å²) in [5.41, 5.74) is 5.90. The van der Waals surface area contributed by atoms with Gasteiger partial charge in [-0.1, -0.05) is 6.42 Å². The summed E-state index contributed by atoms with van der Waals surface area (Å²) in [7, 11) is 1.65. The fourth-order valence-electron chi connectivity index (χ4n) is 5.17. The number of methoxy groups -OCH3 is 1. The molecule has 0 aromatic carbocycles. The Balaban J connectivity index is 1.39. The highest BCUT2D eigenvalue weighted by atomic mass is 16.5. The van der Waals surface area contributed by atoms with Gasteiger partial charge in [-0.2, -0.15) is 5.10 Å². The Morgan fingerprint density at radius 2 is 2.00 bits per heavy atom. The molecule has 2 saturated carbocycles. The monoisotopic (exact) mass is 375 g/mol. The Kier molecular flexibility index (Phi) is 5.08. The lowest BCUT2D eigenvalue weighted by molar-refractivity contribution is -0.137. The van der Waals surface area contributed by atoms with E-state index < -0.39 is 0 Å². The minimum Gasteiger partial charge on any atom is -0.382 e. The maximum atomic E-state index is 13.1. The van der Waals surface area contributed by atoms with Gasteiger partial charge in [-0.25, -0.2) is 0 Å². The van der Waals surface area contributed by atoms with E-state index >= 15 is 0 Å². The highest BCUT2D eigenvalue weighted by Crippen LogP contribution is 2.39. The second-order valence-corrected chi connectivity index (χ2v) is 8.26. The molecule has 8 nitrogen and oxygen atoms in total. The third kappa shape index (κ3) is 3.67. The molecule has 1 aliphatic heterocycles. The van der Waals surface area contributed by atoms with Crippen molar-refractivity contribution < 1.29 is 14.3 Å². The average Bonchev–Trinajstić information content (AvgIpc) is 3.36. The molecule has 3 aliphatic rings. The number of anilines is 1. The molecule has 1 aromatic heterocycles. The predicted molar refractivity (Wildman–Crippen MR) is 99.8 cm³/mol. The minimum atomic E-state index is -0.268. The first-order valence-electron chi connectivity index (χ1n) is 9.98. The minimum absolute atomic E-state index is 0.0487. The lowest BCUT2D eigenvalue weighted by Crippen LogP contribution is -2.50. The maximum Gasteiger partial charge on any atom is 0.269 e. The van der Waals surface area contributed by atoms with Gasteiger partial charge in [-0.3, -0.25) is 14.7 Å². The van der Waals surface area contributed by atoms with E-state index in [1.807, 2.05) is 0 Å². The Morgan fingerprint density at radius 1 is 1.26 bits per heavy atom. The molecular weight excluding hydrogens is 346 g/mol. The highest BCUT2D eigenvalue weighted by Gasteiger charge is 2.42. The van der Waals surface area contributed by atoms with Crippen LogP contribution >= 0.6 is 0 Å². The number of ether oxygens (including phenoxy) is 1.